The summed E-state index contributed by atoms with van der Waals surface area (Å²) >= 11 is 1.78. The topological polar surface area (TPSA) is 33.1 Å². The Morgan fingerprint density at radius 3 is 2.47 bits per heavy atom. The number of hydrogen-bond acceptors (Lipinski definition) is 3. The van der Waals surface area contributed by atoms with Gasteiger partial charge in [-0.3, -0.25) is 4.98 Å². The third-order valence-electron chi connectivity index (χ3n) is 1.91. The van der Waals surface area contributed by atoms with Gasteiger partial charge in [0.15, 0.2) is 0 Å². The first kappa shape index (κ1) is 12.5. The zero-order chi connectivity index (χ0) is 11.5. The molecule has 0 amide bonds. The molecular weight excluding hydrogens is 206 g/mol. The number of rotatable bonds is 3. The summed E-state index contributed by atoms with van der Waals surface area (Å²) in [6, 6.07) is 3.93. The van der Waals surface area contributed by atoms with Crippen LogP contribution in [0.2, 0.25) is 0 Å². The highest BCUT2D eigenvalue weighted by atomic mass is 32.2. The average molecular weight is 225 g/mol. The van der Waals surface area contributed by atoms with Crippen molar-refractivity contribution in [3.63, 3.8) is 0 Å². The number of hydrogen-bond donors (Lipinski definition) is 1. The van der Waals surface area contributed by atoms with Crippen LogP contribution in [0.5, 0.6) is 0 Å². The summed E-state index contributed by atoms with van der Waals surface area (Å²) in [4.78, 5) is 5.41. The lowest BCUT2D eigenvalue weighted by Crippen LogP contribution is -2.07. The Hall–Kier alpha value is -0.540. The van der Waals surface area contributed by atoms with E-state index in [2.05, 4.69) is 25.8 Å². The van der Waals surface area contributed by atoms with E-state index in [0.29, 0.717) is 6.42 Å². The van der Waals surface area contributed by atoms with Crippen molar-refractivity contribution in [2.75, 3.05) is 0 Å². The van der Waals surface area contributed by atoms with Crippen molar-refractivity contribution in [3.05, 3.63) is 24.0 Å². The van der Waals surface area contributed by atoms with E-state index in [4.69, 9.17) is 0 Å². The molecule has 0 radical (unpaired) electrons. The van der Waals surface area contributed by atoms with Gasteiger partial charge in [-0.1, -0.05) is 27.7 Å². The maximum absolute atomic E-state index is 9.58. The second-order valence-corrected chi connectivity index (χ2v) is 6.46. The molecule has 0 unspecified atom stereocenters. The molecule has 1 heterocycles. The number of aliphatic hydroxyl groups excluding tert-OH is 1. The number of pyridine rings is 1. The minimum Gasteiger partial charge on any atom is -0.387 e. The Morgan fingerprint density at radius 1 is 1.40 bits per heavy atom. The predicted molar refractivity (Wildman–Crippen MR) is 65.1 cm³/mol. The molecule has 15 heavy (non-hydrogen) atoms. The number of aromatic nitrogens is 1. The SMILES string of the molecule is CC[C@@H](O)c1ccc(SC(C)(C)C)cn1. The van der Waals surface area contributed by atoms with E-state index < -0.39 is 6.10 Å². The molecule has 84 valence electrons. The summed E-state index contributed by atoms with van der Waals surface area (Å²) in [6.45, 7) is 8.47. The van der Waals surface area contributed by atoms with Gasteiger partial charge in [-0.25, -0.2) is 0 Å². The van der Waals surface area contributed by atoms with E-state index in [9.17, 15) is 5.11 Å². The largest absolute Gasteiger partial charge is 0.387 e. The highest BCUT2D eigenvalue weighted by Gasteiger charge is 2.13. The van der Waals surface area contributed by atoms with Gasteiger partial charge in [-0.15, -0.1) is 11.8 Å². The molecule has 0 fully saturated rings. The van der Waals surface area contributed by atoms with Gasteiger partial charge in [0.25, 0.3) is 0 Å². The lowest BCUT2D eigenvalue weighted by molar-refractivity contribution is 0.169. The van der Waals surface area contributed by atoms with E-state index in [1.165, 1.54) is 0 Å². The Balaban J connectivity index is 2.72. The van der Waals surface area contributed by atoms with Crippen LogP contribution in [0.4, 0.5) is 0 Å². The zero-order valence-corrected chi connectivity index (χ0v) is 10.6. The first-order chi connectivity index (χ1) is 6.92. The average Bonchev–Trinajstić information content (AvgIpc) is 2.15. The third-order valence-corrected chi connectivity index (χ3v) is 3.00. The molecule has 0 bridgehead atoms. The second kappa shape index (κ2) is 4.99. The van der Waals surface area contributed by atoms with Gasteiger partial charge < -0.3 is 5.11 Å². The minimum absolute atomic E-state index is 0.201. The van der Waals surface area contributed by atoms with Crippen LogP contribution < -0.4 is 0 Å². The number of aliphatic hydroxyl groups is 1. The van der Waals surface area contributed by atoms with Crippen molar-refractivity contribution in [2.24, 2.45) is 0 Å². The second-order valence-electron chi connectivity index (χ2n) is 4.56. The van der Waals surface area contributed by atoms with Crippen LogP contribution in [0.3, 0.4) is 0 Å². The van der Waals surface area contributed by atoms with Gasteiger partial charge in [0.05, 0.1) is 11.8 Å². The Labute approximate surface area is 96.1 Å². The molecule has 1 atom stereocenters. The molecule has 0 aromatic carbocycles. The summed E-state index contributed by atoms with van der Waals surface area (Å²) < 4.78 is 0.201. The first-order valence-electron chi connectivity index (χ1n) is 5.25. The number of thioether (sulfide) groups is 1. The van der Waals surface area contributed by atoms with Crippen LogP contribution >= 0.6 is 11.8 Å². The lowest BCUT2D eigenvalue weighted by atomic mass is 10.2. The highest BCUT2D eigenvalue weighted by Crippen LogP contribution is 2.31. The van der Waals surface area contributed by atoms with Crippen molar-refractivity contribution >= 4 is 11.8 Å². The van der Waals surface area contributed by atoms with Gasteiger partial charge in [-0.2, -0.15) is 0 Å². The molecule has 0 saturated heterocycles. The molecule has 0 aliphatic carbocycles. The molecule has 0 aliphatic heterocycles. The Kier molecular flexibility index (Phi) is 4.17. The fourth-order valence-electron chi connectivity index (χ4n) is 1.21. The monoisotopic (exact) mass is 225 g/mol. The smallest absolute Gasteiger partial charge is 0.0957 e. The summed E-state index contributed by atoms with van der Waals surface area (Å²) in [5.74, 6) is 0. The van der Waals surface area contributed by atoms with E-state index in [1.54, 1.807) is 11.8 Å². The number of nitrogens with zero attached hydrogens (tertiary/aromatic N) is 1. The molecule has 1 aromatic rings. The molecule has 0 spiro atoms. The standard InChI is InChI=1S/C12H19NOS/c1-5-11(14)10-7-6-9(8-13-10)15-12(2,3)4/h6-8,11,14H,5H2,1-4H3/t11-/m1/s1. The summed E-state index contributed by atoms with van der Waals surface area (Å²) in [6.07, 6.45) is 2.11. The van der Waals surface area contributed by atoms with E-state index in [-0.39, 0.29) is 4.75 Å². The van der Waals surface area contributed by atoms with E-state index in [1.807, 2.05) is 25.3 Å². The first-order valence-corrected chi connectivity index (χ1v) is 6.07. The van der Waals surface area contributed by atoms with Gasteiger partial charge in [0.2, 0.25) is 0 Å². The molecule has 1 aromatic heterocycles. The van der Waals surface area contributed by atoms with E-state index in [0.717, 1.165) is 10.6 Å². The minimum atomic E-state index is -0.432. The summed E-state index contributed by atoms with van der Waals surface area (Å²) in [5.41, 5.74) is 0.760. The fourth-order valence-corrected chi connectivity index (χ4v) is 2.16. The van der Waals surface area contributed by atoms with Gasteiger partial charge in [-0.05, 0) is 18.6 Å². The molecule has 2 nitrogen and oxygen atoms in total. The third kappa shape index (κ3) is 4.22. The van der Waals surface area contributed by atoms with Crippen LogP contribution in [0, 0.1) is 0 Å². The highest BCUT2D eigenvalue weighted by molar-refractivity contribution is 8.00. The maximum Gasteiger partial charge on any atom is 0.0957 e. The van der Waals surface area contributed by atoms with Crippen LogP contribution in [0.25, 0.3) is 0 Å². The Morgan fingerprint density at radius 2 is 2.07 bits per heavy atom. The van der Waals surface area contributed by atoms with Crippen LogP contribution in [-0.4, -0.2) is 14.8 Å². The zero-order valence-electron chi connectivity index (χ0n) is 9.82. The lowest BCUT2D eigenvalue weighted by Gasteiger charge is -2.17. The molecule has 1 rings (SSSR count). The van der Waals surface area contributed by atoms with Crippen LogP contribution in [0.1, 0.15) is 45.9 Å². The summed E-state index contributed by atoms with van der Waals surface area (Å²) in [7, 11) is 0. The van der Waals surface area contributed by atoms with Gasteiger partial charge in [0.1, 0.15) is 0 Å². The molecule has 1 N–H and O–H groups in total. The normalized spacial score (nSPS) is 13.9. The fraction of sp³-hybridized carbons (Fsp3) is 0.583. The van der Waals surface area contributed by atoms with Crippen molar-refractivity contribution in [3.8, 4) is 0 Å². The van der Waals surface area contributed by atoms with Crippen molar-refractivity contribution in [1.82, 2.24) is 4.98 Å². The van der Waals surface area contributed by atoms with Gasteiger partial charge >= 0.3 is 0 Å². The van der Waals surface area contributed by atoms with Crippen LogP contribution in [-0.2, 0) is 0 Å². The van der Waals surface area contributed by atoms with Gasteiger partial charge in [0, 0.05) is 15.8 Å². The summed E-state index contributed by atoms with van der Waals surface area (Å²) in [5, 5.41) is 9.58. The predicted octanol–water partition coefficient (Wildman–Crippen LogP) is 3.42. The maximum atomic E-state index is 9.58. The molecule has 0 saturated carbocycles. The quantitative estimate of drug-likeness (QED) is 0.800. The van der Waals surface area contributed by atoms with Crippen LogP contribution in [0.15, 0.2) is 23.2 Å². The van der Waals surface area contributed by atoms with Crippen molar-refractivity contribution < 1.29 is 5.11 Å². The molecular formula is C12H19NOS. The van der Waals surface area contributed by atoms with E-state index >= 15 is 0 Å². The van der Waals surface area contributed by atoms with Crippen molar-refractivity contribution in [2.45, 2.75) is 49.9 Å². The molecule has 0 aliphatic rings. The Bertz CT molecular complexity index is 302. The van der Waals surface area contributed by atoms with Crippen molar-refractivity contribution in [1.29, 1.82) is 0 Å². The molecule has 3 heteroatoms.